The fourth-order valence-corrected chi connectivity index (χ4v) is 3.14. The van der Waals surface area contributed by atoms with Gasteiger partial charge in [-0.25, -0.2) is 9.97 Å². The van der Waals surface area contributed by atoms with E-state index in [1.165, 1.54) is 0 Å². The number of carbonyl (C=O) groups excluding carboxylic acids is 1. The van der Waals surface area contributed by atoms with Gasteiger partial charge >= 0.3 is 0 Å². The first-order valence-electron chi connectivity index (χ1n) is 8.39. The highest BCUT2D eigenvalue weighted by Gasteiger charge is 2.16. The first-order chi connectivity index (χ1) is 13.4. The summed E-state index contributed by atoms with van der Waals surface area (Å²) in [7, 11) is 0. The van der Waals surface area contributed by atoms with Crippen molar-refractivity contribution in [3.63, 3.8) is 0 Å². The average molecular weight is 437 g/mol. The van der Waals surface area contributed by atoms with Gasteiger partial charge in [0, 0.05) is 32.2 Å². The monoisotopic (exact) mass is 435 g/mol. The summed E-state index contributed by atoms with van der Waals surface area (Å²) in [6.07, 6.45) is 0. The number of hydrogen-bond donors (Lipinski definition) is 2. The summed E-state index contributed by atoms with van der Waals surface area (Å²) >= 11 is 18.2. The van der Waals surface area contributed by atoms with E-state index >= 15 is 0 Å². The van der Waals surface area contributed by atoms with Gasteiger partial charge in [-0.2, -0.15) is 0 Å². The van der Waals surface area contributed by atoms with Crippen molar-refractivity contribution in [2.75, 3.05) is 6.61 Å². The number of rotatable bonds is 5. The van der Waals surface area contributed by atoms with Crippen molar-refractivity contribution < 1.29 is 9.90 Å². The van der Waals surface area contributed by atoms with Crippen LogP contribution in [0.3, 0.4) is 0 Å². The molecule has 28 heavy (non-hydrogen) atoms. The Morgan fingerprint density at radius 2 is 1.61 bits per heavy atom. The molecule has 1 unspecified atom stereocenters. The molecule has 8 heteroatoms. The van der Waals surface area contributed by atoms with Gasteiger partial charge in [-0.05, 0) is 43.3 Å². The van der Waals surface area contributed by atoms with Crippen LogP contribution in [0.5, 0.6) is 0 Å². The van der Waals surface area contributed by atoms with Crippen molar-refractivity contribution in [2.45, 2.75) is 13.0 Å². The summed E-state index contributed by atoms with van der Waals surface area (Å²) in [4.78, 5) is 21.5. The normalized spacial score (nSPS) is 11.9. The number of aromatic nitrogens is 2. The molecule has 1 heterocycles. The highest BCUT2D eigenvalue weighted by Crippen LogP contribution is 2.28. The Labute approximate surface area is 177 Å². The summed E-state index contributed by atoms with van der Waals surface area (Å²) in [6, 6.07) is 13.2. The van der Waals surface area contributed by atoms with Gasteiger partial charge in [-0.15, -0.1) is 0 Å². The molecule has 1 amide bonds. The number of hydrogen-bond acceptors (Lipinski definition) is 4. The van der Waals surface area contributed by atoms with Crippen molar-refractivity contribution in [3.05, 3.63) is 69.3 Å². The minimum absolute atomic E-state index is 0.159. The smallest absolute Gasteiger partial charge is 0.270 e. The van der Waals surface area contributed by atoms with E-state index in [9.17, 15) is 9.90 Å². The zero-order valence-corrected chi connectivity index (χ0v) is 17.1. The van der Waals surface area contributed by atoms with Gasteiger partial charge in [0.05, 0.1) is 12.3 Å². The van der Waals surface area contributed by atoms with Gasteiger partial charge in [0.1, 0.15) is 5.69 Å². The maximum absolute atomic E-state index is 12.6. The van der Waals surface area contributed by atoms with E-state index in [2.05, 4.69) is 15.3 Å². The molecule has 0 bridgehead atoms. The number of nitrogens with one attached hydrogen (secondary N) is 1. The van der Waals surface area contributed by atoms with Gasteiger partial charge in [-0.1, -0.05) is 46.9 Å². The lowest BCUT2D eigenvalue weighted by molar-refractivity contribution is 0.0917. The molecule has 0 radical (unpaired) electrons. The Balaban J connectivity index is 2.13. The zero-order chi connectivity index (χ0) is 20.3. The summed E-state index contributed by atoms with van der Waals surface area (Å²) < 4.78 is 0. The molecule has 0 spiro atoms. The molecule has 2 aromatic carbocycles. The van der Waals surface area contributed by atoms with Crippen LogP contribution in [-0.4, -0.2) is 33.6 Å². The largest absolute Gasteiger partial charge is 0.394 e. The second-order valence-electron chi connectivity index (χ2n) is 6.18. The summed E-state index contributed by atoms with van der Waals surface area (Å²) in [5, 5.41) is 13.3. The summed E-state index contributed by atoms with van der Waals surface area (Å²) in [6.45, 7) is 1.51. The highest BCUT2D eigenvalue weighted by molar-refractivity contribution is 6.35. The molecule has 1 aromatic heterocycles. The molecule has 1 atom stereocenters. The maximum atomic E-state index is 12.6. The standard InChI is InChI=1S/C20H16Cl3N3O2/c1-11(10-27)24-20(28)18-9-17(12-2-4-14(21)5-3-12)25-19(26-18)13-6-15(22)8-16(23)7-13/h2-9,11,27H,10H2,1H3,(H,24,28). The van der Waals surface area contributed by atoms with Crippen molar-refractivity contribution in [2.24, 2.45) is 0 Å². The van der Waals surface area contributed by atoms with Crippen LogP contribution in [0.25, 0.3) is 22.6 Å². The minimum atomic E-state index is -0.423. The SMILES string of the molecule is CC(CO)NC(=O)c1cc(-c2ccc(Cl)cc2)nc(-c2cc(Cl)cc(Cl)c2)n1. The molecule has 3 aromatic rings. The van der Waals surface area contributed by atoms with E-state index in [-0.39, 0.29) is 12.3 Å². The third kappa shape index (κ3) is 5.00. The molecule has 2 N–H and O–H groups in total. The lowest BCUT2D eigenvalue weighted by atomic mass is 10.1. The van der Waals surface area contributed by atoms with Crippen LogP contribution in [0.15, 0.2) is 48.5 Å². The molecule has 0 fully saturated rings. The van der Waals surface area contributed by atoms with Gasteiger partial charge in [0.25, 0.3) is 5.91 Å². The molecule has 0 aliphatic heterocycles. The van der Waals surface area contributed by atoms with Gasteiger partial charge in [0.15, 0.2) is 5.82 Å². The number of halogens is 3. The third-order valence-corrected chi connectivity index (χ3v) is 4.56. The Morgan fingerprint density at radius 3 is 2.21 bits per heavy atom. The first-order valence-corrected chi connectivity index (χ1v) is 9.52. The van der Waals surface area contributed by atoms with Crippen molar-refractivity contribution in [3.8, 4) is 22.6 Å². The van der Waals surface area contributed by atoms with Crippen molar-refractivity contribution in [1.82, 2.24) is 15.3 Å². The Morgan fingerprint density at radius 1 is 0.964 bits per heavy atom. The van der Waals surface area contributed by atoms with Crippen LogP contribution < -0.4 is 5.32 Å². The molecule has 5 nitrogen and oxygen atoms in total. The topological polar surface area (TPSA) is 75.1 Å². The first kappa shape index (κ1) is 20.6. The molecular weight excluding hydrogens is 421 g/mol. The van der Waals surface area contributed by atoms with Gasteiger partial charge in [-0.3, -0.25) is 4.79 Å². The van der Waals surface area contributed by atoms with E-state index < -0.39 is 11.9 Å². The quantitative estimate of drug-likeness (QED) is 0.597. The van der Waals surface area contributed by atoms with Crippen LogP contribution >= 0.6 is 34.8 Å². The Kier molecular flexibility index (Phi) is 6.52. The zero-order valence-electron chi connectivity index (χ0n) is 14.8. The summed E-state index contributed by atoms with van der Waals surface area (Å²) in [5.41, 5.74) is 2.05. The average Bonchev–Trinajstić information content (AvgIpc) is 2.67. The number of nitrogens with zero attached hydrogens (tertiary/aromatic N) is 2. The van der Waals surface area contributed by atoms with Crippen LogP contribution in [0.2, 0.25) is 15.1 Å². The number of amides is 1. The van der Waals surface area contributed by atoms with E-state index in [1.807, 2.05) is 0 Å². The number of benzene rings is 2. The van der Waals surface area contributed by atoms with Crippen LogP contribution in [0.1, 0.15) is 17.4 Å². The van der Waals surface area contributed by atoms with E-state index in [0.29, 0.717) is 32.1 Å². The van der Waals surface area contributed by atoms with Crippen LogP contribution in [0.4, 0.5) is 0 Å². The number of carbonyl (C=O) groups is 1. The third-order valence-electron chi connectivity index (χ3n) is 3.87. The van der Waals surface area contributed by atoms with E-state index in [4.69, 9.17) is 34.8 Å². The second-order valence-corrected chi connectivity index (χ2v) is 7.49. The maximum Gasteiger partial charge on any atom is 0.270 e. The van der Waals surface area contributed by atoms with Gasteiger partial charge in [0.2, 0.25) is 0 Å². The molecule has 0 aliphatic carbocycles. The van der Waals surface area contributed by atoms with Gasteiger partial charge < -0.3 is 10.4 Å². The predicted octanol–water partition coefficient (Wildman–Crippen LogP) is 4.88. The molecule has 0 saturated heterocycles. The molecule has 0 saturated carbocycles. The molecule has 0 aliphatic rings. The Bertz CT molecular complexity index is 990. The summed E-state index contributed by atoms with van der Waals surface area (Å²) in [5.74, 6) is -0.118. The fourth-order valence-electron chi connectivity index (χ4n) is 2.49. The van der Waals surface area contributed by atoms with E-state index in [1.54, 1.807) is 55.5 Å². The lowest BCUT2D eigenvalue weighted by Gasteiger charge is -2.12. The van der Waals surface area contributed by atoms with Crippen LogP contribution in [-0.2, 0) is 0 Å². The lowest BCUT2D eigenvalue weighted by Crippen LogP contribution is -2.35. The molecule has 144 valence electrons. The molecule has 3 rings (SSSR count). The van der Waals surface area contributed by atoms with Crippen LogP contribution in [0, 0.1) is 0 Å². The number of aliphatic hydroxyl groups excluding tert-OH is 1. The van der Waals surface area contributed by atoms with Crippen molar-refractivity contribution >= 4 is 40.7 Å². The fraction of sp³-hybridized carbons (Fsp3) is 0.150. The van der Waals surface area contributed by atoms with E-state index in [0.717, 1.165) is 5.56 Å². The Hall–Kier alpha value is -2.18. The highest BCUT2D eigenvalue weighted by atomic mass is 35.5. The second kappa shape index (κ2) is 8.88. The molecular formula is C20H16Cl3N3O2. The minimum Gasteiger partial charge on any atom is -0.394 e. The van der Waals surface area contributed by atoms with Crippen molar-refractivity contribution in [1.29, 1.82) is 0 Å². The predicted molar refractivity (Wildman–Crippen MR) is 112 cm³/mol. The number of aliphatic hydroxyl groups is 1.